The number of hydrogen-bond acceptors (Lipinski definition) is 3. The highest BCUT2D eigenvalue weighted by Crippen LogP contribution is 2.87. The van der Waals surface area contributed by atoms with Gasteiger partial charge in [0.05, 0.1) is 11.7 Å². The van der Waals surface area contributed by atoms with E-state index in [2.05, 4.69) is 13.8 Å². The fourth-order valence-electron chi connectivity index (χ4n) is 5.44. The highest BCUT2D eigenvalue weighted by atomic mass is 16.4. The van der Waals surface area contributed by atoms with E-state index in [1.165, 1.54) is 12.8 Å². The number of rotatable bonds is 4. The average molecular weight is 254 g/mol. The molecular weight excluding hydrogens is 228 g/mol. The third kappa shape index (κ3) is 1.31. The van der Waals surface area contributed by atoms with Gasteiger partial charge in [-0.2, -0.15) is 0 Å². The smallest absolute Gasteiger partial charge is 0.108 e. The first kappa shape index (κ1) is 12.9. The minimum Gasteiger partial charge on any atom is -0.390 e. The lowest BCUT2D eigenvalue weighted by Gasteiger charge is -2.39. The summed E-state index contributed by atoms with van der Waals surface area (Å²) >= 11 is 0. The third-order valence-corrected chi connectivity index (χ3v) is 6.85. The Bertz CT molecular complexity index is 360. The molecule has 0 heterocycles. The summed E-state index contributed by atoms with van der Waals surface area (Å²) in [7, 11) is 0. The molecule has 0 aromatic carbocycles. The SMILES string of the molecule is CC(C)(O)[C@@H](O)[C@H](O)C[C@]1(C)C2C[C@@H]3[C@H](C2)C31C. The lowest BCUT2D eigenvalue weighted by atomic mass is 9.69. The van der Waals surface area contributed by atoms with Crippen molar-refractivity contribution < 1.29 is 15.3 Å². The van der Waals surface area contributed by atoms with Crippen molar-refractivity contribution in [2.45, 2.75) is 64.8 Å². The molecule has 4 fully saturated rings. The van der Waals surface area contributed by atoms with Crippen LogP contribution in [-0.4, -0.2) is 33.1 Å². The molecule has 7 atom stereocenters. The Hall–Kier alpha value is -0.120. The molecule has 4 saturated carbocycles. The molecule has 3 heteroatoms. The normalized spacial score (nSPS) is 52.5. The maximum atomic E-state index is 10.3. The van der Waals surface area contributed by atoms with Crippen molar-refractivity contribution in [3.63, 3.8) is 0 Å². The Morgan fingerprint density at radius 1 is 1.17 bits per heavy atom. The molecule has 0 radical (unpaired) electrons. The van der Waals surface area contributed by atoms with E-state index >= 15 is 0 Å². The second-order valence-electron chi connectivity index (χ2n) is 7.95. The van der Waals surface area contributed by atoms with E-state index in [4.69, 9.17) is 0 Å². The quantitative estimate of drug-likeness (QED) is 0.713. The van der Waals surface area contributed by atoms with E-state index in [0.717, 1.165) is 11.8 Å². The van der Waals surface area contributed by atoms with Gasteiger partial charge >= 0.3 is 0 Å². The van der Waals surface area contributed by atoms with Gasteiger partial charge in [0.2, 0.25) is 0 Å². The van der Waals surface area contributed by atoms with Gasteiger partial charge in [-0.3, -0.25) is 0 Å². The van der Waals surface area contributed by atoms with Crippen molar-refractivity contribution in [2.75, 3.05) is 0 Å². The topological polar surface area (TPSA) is 60.7 Å². The van der Waals surface area contributed by atoms with Gasteiger partial charge in [0.1, 0.15) is 6.10 Å². The molecule has 3 N–H and O–H groups in total. The van der Waals surface area contributed by atoms with Gasteiger partial charge in [0.25, 0.3) is 0 Å². The second-order valence-corrected chi connectivity index (χ2v) is 7.95. The van der Waals surface area contributed by atoms with Gasteiger partial charge in [0.15, 0.2) is 0 Å². The highest BCUT2D eigenvalue weighted by molar-refractivity contribution is 5.29. The Kier molecular flexibility index (Phi) is 2.37. The van der Waals surface area contributed by atoms with Gasteiger partial charge in [-0.05, 0) is 61.7 Å². The maximum absolute atomic E-state index is 10.3. The first-order valence-electron chi connectivity index (χ1n) is 7.21. The molecule has 0 spiro atoms. The lowest BCUT2D eigenvalue weighted by molar-refractivity contribution is -0.120. The van der Waals surface area contributed by atoms with E-state index < -0.39 is 17.8 Å². The third-order valence-electron chi connectivity index (χ3n) is 6.85. The number of aliphatic hydroxyl groups excluding tert-OH is 2. The van der Waals surface area contributed by atoms with Gasteiger partial charge in [-0.15, -0.1) is 0 Å². The van der Waals surface area contributed by atoms with Crippen LogP contribution in [0, 0.1) is 28.6 Å². The monoisotopic (exact) mass is 254 g/mol. The minimum absolute atomic E-state index is 0.147. The van der Waals surface area contributed by atoms with E-state index in [0.29, 0.717) is 17.8 Å². The summed E-state index contributed by atoms with van der Waals surface area (Å²) in [5.74, 6) is 2.43. The minimum atomic E-state index is -1.23. The van der Waals surface area contributed by atoms with Crippen molar-refractivity contribution >= 4 is 0 Å². The fraction of sp³-hybridized carbons (Fsp3) is 1.00. The zero-order chi connectivity index (χ0) is 13.5. The summed E-state index contributed by atoms with van der Waals surface area (Å²) in [5.41, 5.74) is -0.701. The first-order chi connectivity index (χ1) is 8.12. The van der Waals surface area contributed by atoms with Crippen LogP contribution >= 0.6 is 0 Å². The molecule has 0 amide bonds. The molecule has 0 aliphatic heterocycles. The summed E-state index contributed by atoms with van der Waals surface area (Å²) in [4.78, 5) is 0. The molecule has 4 aliphatic rings. The summed E-state index contributed by atoms with van der Waals surface area (Å²) < 4.78 is 0. The molecule has 2 unspecified atom stereocenters. The zero-order valence-electron chi connectivity index (χ0n) is 11.8. The standard InChI is InChI=1S/C15H26O3/c1-13(2,18)12(17)11(16)7-14(3)8-5-9-10(6-8)15(9,14)4/h8-12,16-18H,5-7H2,1-4H3/t8?,9-,10+,11-,12+,14-,15?/m1/s1. The van der Waals surface area contributed by atoms with Crippen LogP contribution in [0.5, 0.6) is 0 Å². The van der Waals surface area contributed by atoms with Gasteiger partial charge in [0, 0.05) is 0 Å². The van der Waals surface area contributed by atoms with Crippen LogP contribution in [0.2, 0.25) is 0 Å². The van der Waals surface area contributed by atoms with Gasteiger partial charge in [-0.25, -0.2) is 0 Å². The number of aliphatic hydroxyl groups is 3. The van der Waals surface area contributed by atoms with Crippen LogP contribution in [0.25, 0.3) is 0 Å². The van der Waals surface area contributed by atoms with Crippen molar-refractivity contribution in [3.05, 3.63) is 0 Å². The molecule has 4 aliphatic carbocycles. The predicted octanol–water partition coefficient (Wildman–Crippen LogP) is 1.55. The van der Waals surface area contributed by atoms with Crippen molar-refractivity contribution in [3.8, 4) is 0 Å². The molecule has 0 aromatic rings. The Morgan fingerprint density at radius 2 is 1.67 bits per heavy atom. The molecule has 4 bridgehead atoms. The van der Waals surface area contributed by atoms with Crippen LogP contribution in [0.15, 0.2) is 0 Å². The van der Waals surface area contributed by atoms with Crippen LogP contribution in [0.1, 0.15) is 47.0 Å². The van der Waals surface area contributed by atoms with E-state index in [9.17, 15) is 15.3 Å². The predicted molar refractivity (Wildman–Crippen MR) is 68.8 cm³/mol. The summed E-state index contributed by atoms with van der Waals surface area (Å²) in [6.45, 7) is 7.75. The van der Waals surface area contributed by atoms with E-state index in [1.807, 2.05) is 0 Å². The highest BCUT2D eigenvalue weighted by Gasteiger charge is 2.81. The van der Waals surface area contributed by atoms with Crippen molar-refractivity contribution in [2.24, 2.45) is 28.6 Å². The molecule has 0 aromatic heterocycles. The molecule has 4 rings (SSSR count). The molecule has 104 valence electrons. The van der Waals surface area contributed by atoms with Crippen LogP contribution in [-0.2, 0) is 0 Å². The lowest BCUT2D eigenvalue weighted by Crippen LogP contribution is -2.47. The van der Waals surface area contributed by atoms with Gasteiger partial charge < -0.3 is 15.3 Å². The molecule has 3 nitrogen and oxygen atoms in total. The molecular formula is C15H26O3. The van der Waals surface area contributed by atoms with Gasteiger partial charge in [-0.1, -0.05) is 13.8 Å². The van der Waals surface area contributed by atoms with Crippen molar-refractivity contribution in [1.82, 2.24) is 0 Å². The average Bonchev–Trinajstić information content (AvgIpc) is 2.62. The Labute approximate surface area is 109 Å². The van der Waals surface area contributed by atoms with Crippen LogP contribution in [0.4, 0.5) is 0 Å². The Morgan fingerprint density at radius 3 is 2.00 bits per heavy atom. The maximum Gasteiger partial charge on any atom is 0.108 e. The summed E-state index contributed by atoms with van der Waals surface area (Å²) in [6, 6.07) is 0. The largest absolute Gasteiger partial charge is 0.390 e. The second kappa shape index (κ2) is 3.31. The van der Waals surface area contributed by atoms with Crippen LogP contribution in [0.3, 0.4) is 0 Å². The van der Waals surface area contributed by atoms with Crippen molar-refractivity contribution in [1.29, 1.82) is 0 Å². The van der Waals surface area contributed by atoms with Crippen LogP contribution < -0.4 is 0 Å². The fourth-order valence-corrected chi connectivity index (χ4v) is 5.44. The van der Waals surface area contributed by atoms with E-state index in [-0.39, 0.29) is 5.41 Å². The zero-order valence-corrected chi connectivity index (χ0v) is 11.8. The summed E-state index contributed by atoms with van der Waals surface area (Å²) in [6.07, 6.45) is 1.35. The van der Waals surface area contributed by atoms with E-state index in [1.54, 1.807) is 13.8 Å². The summed E-state index contributed by atoms with van der Waals surface area (Å²) in [5, 5.41) is 30.1. The number of hydrogen-bond donors (Lipinski definition) is 3. The Balaban J connectivity index is 1.74. The molecule has 0 saturated heterocycles. The molecule has 18 heavy (non-hydrogen) atoms. The first-order valence-corrected chi connectivity index (χ1v) is 7.21.